The van der Waals surface area contributed by atoms with Gasteiger partial charge in [0.25, 0.3) is 0 Å². The summed E-state index contributed by atoms with van der Waals surface area (Å²) in [6.45, 7) is 0. The van der Waals surface area contributed by atoms with E-state index in [2.05, 4.69) is 158 Å². The maximum Gasteiger partial charge on any atom is 0.0434 e. The molecule has 0 nitrogen and oxygen atoms in total. The lowest BCUT2D eigenvalue weighted by atomic mass is 9.92. The van der Waals surface area contributed by atoms with Crippen LogP contribution in [0, 0.1) is 0 Å². The van der Waals surface area contributed by atoms with E-state index in [0.717, 1.165) is 0 Å². The van der Waals surface area contributed by atoms with Gasteiger partial charge in [0.1, 0.15) is 0 Å². The first kappa shape index (κ1) is 23.4. The molecule has 7 rings (SSSR count). The Bertz CT molecular complexity index is 1860. The molecule has 184 valence electrons. The van der Waals surface area contributed by atoms with Gasteiger partial charge in [-0.3, -0.25) is 0 Å². The minimum Gasteiger partial charge on any atom is -0.134 e. The lowest BCUT2D eigenvalue weighted by Crippen LogP contribution is -1.86. The maximum atomic E-state index is 2.35. The van der Waals surface area contributed by atoms with Gasteiger partial charge in [0.15, 0.2) is 0 Å². The van der Waals surface area contributed by atoms with E-state index in [0.29, 0.717) is 0 Å². The van der Waals surface area contributed by atoms with E-state index >= 15 is 0 Å². The Morgan fingerprint density at radius 1 is 0.282 bits per heavy atom. The summed E-state index contributed by atoms with van der Waals surface area (Å²) in [5.74, 6) is 0. The monoisotopic (exact) mass is 514 g/mol. The van der Waals surface area contributed by atoms with Crippen LogP contribution in [0.3, 0.4) is 0 Å². The van der Waals surface area contributed by atoms with Gasteiger partial charge in [-0.2, -0.15) is 0 Å². The average Bonchev–Trinajstić information content (AvgIpc) is 3.42. The molecular weight excluding hydrogens is 488 g/mol. The van der Waals surface area contributed by atoms with Gasteiger partial charge in [-0.05, 0) is 45.0 Å². The highest BCUT2D eigenvalue weighted by molar-refractivity contribution is 7.21. The molecule has 0 radical (unpaired) electrons. The molecule has 0 aliphatic carbocycles. The summed E-state index contributed by atoms with van der Waals surface area (Å²) in [5.41, 5.74) is 9.97. The van der Waals surface area contributed by atoms with Gasteiger partial charge in [0, 0.05) is 26.1 Å². The van der Waals surface area contributed by atoms with Crippen molar-refractivity contribution in [3.63, 3.8) is 0 Å². The van der Waals surface area contributed by atoms with Crippen LogP contribution in [0.2, 0.25) is 0 Å². The van der Waals surface area contributed by atoms with Gasteiger partial charge < -0.3 is 0 Å². The second-order valence-corrected chi connectivity index (χ2v) is 10.8. The fourth-order valence-electron chi connectivity index (χ4n) is 5.36. The molecule has 0 amide bonds. The lowest BCUT2D eigenvalue weighted by Gasteiger charge is -2.12. The van der Waals surface area contributed by atoms with E-state index in [1.807, 2.05) is 11.3 Å². The van der Waals surface area contributed by atoms with E-state index in [-0.39, 0.29) is 0 Å². The van der Waals surface area contributed by atoms with Crippen molar-refractivity contribution in [1.82, 2.24) is 0 Å². The first-order valence-electron chi connectivity index (χ1n) is 13.3. The summed E-state index contributed by atoms with van der Waals surface area (Å²) in [6.07, 6.45) is 0. The topological polar surface area (TPSA) is 0 Å². The second kappa shape index (κ2) is 10.2. The minimum atomic E-state index is 1.23. The van der Waals surface area contributed by atoms with Gasteiger partial charge in [-0.25, -0.2) is 0 Å². The Morgan fingerprint density at radius 3 is 1.33 bits per heavy atom. The van der Waals surface area contributed by atoms with Gasteiger partial charge in [-0.1, -0.05) is 152 Å². The normalized spacial score (nSPS) is 11.1. The highest BCUT2D eigenvalue weighted by atomic mass is 32.1. The van der Waals surface area contributed by atoms with Crippen molar-refractivity contribution >= 4 is 22.1 Å². The zero-order valence-electron chi connectivity index (χ0n) is 21.4. The van der Waals surface area contributed by atoms with Crippen LogP contribution >= 0.6 is 11.3 Å². The first-order chi connectivity index (χ1) is 19.3. The summed E-state index contributed by atoms with van der Waals surface area (Å²) in [6, 6.07) is 56.8. The van der Waals surface area contributed by atoms with Crippen molar-refractivity contribution in [2.45, 2.75) is 0 Å². The highest BCUT2D eigenvalue weighted by Gasteiger charge is 2.18. The quantitative estimate of drug-likeness (QED) is 0.214. The van der Waals surface area contributed by atoms with Crippen LogP contribution in [0.1, 0.15) is 0 Å². The molecule has 0 N–H and O–H groups in total. The van der Waals surface area contributed by atoms with Crippen LogP contribution in [0.4, 0.5) is 0 Å². The van der Waals surface area contributed by atoms with Crippen molar-refractivity contribution in [2.75, 3.05) is 0 Å². The number of fused-ring (bicyclic) bond motifs is 1. The van der Waals surface area contributed by atoms with Crippen molar-refractivity contribution in [1.29, 1.82) is 0 Å². The Kier molecular flexibility index (Phi) is 6.13. The summed E-state index contributed by atoms with van der Waals surface area (Å²) in [7, 11) is 0. The molecule has 0 bridgehead atoms. The fourth-order valence-corrected chi connectivity index (χ4v) is 6.68. The standard InChI is InChI=1S/C38H26S/c1-4-12-27(13-5-1)29-20-22-31(23-21-29)37-33-18-10-11-19-34(33)38(39-37)35-25-24-32(28-14-6-2-7-15-28)26-36(35)30-16-8-3-9-17-30/h1-26H. The Hall–Kier alpha value is -4.72. The molecular formula is C38H26S. The lowest BCUT2D eigenvalue weighted by molar-refractivity contribution is 1.59. The van der Waals surface area contributed by atoms with Gasteiger partial charge in [-0.15, -0.1) is 11.3 Å². The third-order valence-corrected chi connectivity index (χ3v) is 8.63. The first-order valence-corrected chi connectivity index (χ1v) is 14.1. The maximum absolute atomic E-state index is 2.35. The van der Waals surface area contributed by atoms with Crippen LogP contribution in [0.25, 0.3) is 65.0 Å². The Balaban J connectivity index is 1.39. The molecule has 0 saturated heterocycles. The third-order valence-electron chi connectivity index (χ3n) is 7.33. The van der Waals surface area contributed by atoms with Crippen LogP contribution in [0.5, 0.6) is 0 Å². The zero-order valence-corrected chi connectivity index (χ0v) is 22.2. The van der Waals surface area contributed by atoms with E-state index in [1.165, 1.54) is 65.0 Å². The number of hydrogen-bond donors (Lipinski definition) is 0. The van der Waals surface area contributed by atoms with Gasteiger partial charge in [0.05, 0.1) is 0 Å². The number of thiophene rings is 1. The Morgan fingerprint density at radius 2 is 0.718 bits per heavy atom. The SMILES string of the molecule is c1ccc(-c2ccc(-c3sc(-c4ccc(-c5ccccc5)cc4-c4ccccc4)c4ccccc34)cc2)cc1. The van der Waals surface area contributed by atoms with E-state index in [9.17, 15) is 0 Å². The summed E-state index contributed by atoms with van der Waals surface area (Å²) >= 11 is 1.89. The minimum absolute atomic E-state index is 1.23. The average molecular weight is 515 g/mol. The largest absolute Gasteiger partial charge is 0.134 e. The van der Waals surface area contributed by atoms with Crippen molar-refractivity contribution in [3.8, 4) is 54.3 Å². The number of hydrogen-bond acceptors (Lipinski definition) is 1. The second-order valence-electron chi connectivity index (χ2n) is 9.74. The van der Waals surface area contributed by atoms with Crippen LogP contribution in [-0.2, 0) is 0 Å². The molecule has 0 aliphatic heterocycles. The van der Waals surface area contributed by atoms with Crippen LogP contribution in [0.15, 0.2) is 158 Å². The van der Waals surface area contributed by atoms with Crippen molar-refractivity contribution < 1.29 is 0 Å². The highest BCUT2D eigenvalue weighted by Crippen LogP contribution is 2.47. The molecule has 1 heterocycles. The van der Waals surface area contributed by atoms with Gasteiger partial charge in [0.2, 0.25) is 0 Å². The molecule has 0 atom stereocenters. The predicted molar refractivity (Wildman–Crippen MR) is 169 cm³/mol. The molecule has 1 aromatic heterocycles. The predicted octanol–water partition coefficient (Wildman–Crippen LogP) is 11.2. The van der Waals surface area contributed by atoms with Crippen LogP contribution in [-0.4, -0.2) is 0 Å². The zero-order chi connectivity index (χ0) is 26.0. The van der Waals surface area contributed by atoms with E-state index in [4.69, 9.17) is 0 Å². The van der Waals surface area contributed by atoms with E-state index in [1.54, 1.807) is 0 Å². The third kappa shape index (κ3) is 4.48. The van der Waals surface area contributed by atoms with Crippen molar-refractivity contribution in [2.24, 2.45) is 0 Å². The molecule has 7 aromatic rings. The number of rotatable bonds is 5. The fraction of sp³-hybridized carbons (Fsp3) is 0. The molecule has 1 heteroatoms. The smallest absolute Gasteiger partial charge is 0.0434 e. The summed E-state index contributed by atoms with van der Waals surface area (Å²) in [4.78, 5) is 2.62. The molecule has 0 unspecified atom stereocenters. The molecule has 0 saturated carbocycles. The van der Waals surface area contributed by atoms with Crippen molar-refractivity contribution in [3.05, 3.63) is 158 Å². The Labute approximate surface area is 233 Å². The summed E-state index contributed by atoms with van der Waals surface area (Å²) in [5, 5.41) is 2.60. The summed E-state index contributed by atoms with van der Waals surface area (Å²) < 4.78 is 0. The molecule has 0 fully saturated rings. The number of benzene rings is 6. The molecule has 0 spiro atoms. The molecule has 39 heavy (non-hydrogen) atoms. The molecule has 6 aromatic carbocycles. The van der Waals surface area contributed by atoms with E-state index < -0.39 is 0 Å². The molecule has 0 aliphatic rings. The van der Waals surface area contributed by atoms with Gasteiger partial charge >= 0.3 is 0 Å². The van der Waals surface area contributed by atoms with Crippen LogP contribution < -0.4 is 0 Å².